The topological polar surface area (TPSA) is 89.5 Å². The maximum absolute atomic E-state index is 12.0. The van der Waals surface area contributed by atoms with Crippen LogP contribution >= 0.6 is 0 Å². The number of rotatable bonds is 6. The first kappa shape index (κ1) is 18.9. The number of fused-ring (bicyclic) bond motifs is 2. The lowest BCUT2D eigenvalue weighted by atomic mass is 10.2. The molecule has 0 spiro atoms. The average molecular weight is 400 g/mol. The second-order valence-electron chi connectivity index (χ2n) is 6.38. The molecule has 0 saturated heterocycles. The third kappa shape index (κ3) is 4.53. The molecule has 0 aliphatic carbocycles. The van der Waals surface area contributed by atoms with Crippen molar-refractivity contribution in [3.8, 4) is 23.0 Å². The van der Waals surface area contributed by atoms with Crippen LogP contribution in [0.5, 0.6) is 23.0 Å². The molecule has 29 heavy (non-hydrogen) atoms. The van der Waals surface area contributed by atoms with Gasteiger partial charge in [0.1, 0.15) is 46.1 Å². The van der Waals surface area contributed by atoms with Gasteiger partial charge >= 0.3 is 11.9 Å². The third-order valence-corrected chi connectivity index (χ3v) is 4.36. The maximum atomic E-state index is 12.0. The van der Waals surface area contributed by atoms with E-state index in [0.29, 0.717) is 60.6 Å². The maximum Gasteiger partial charge on any atom is 0.317 e. The Hall–Kier alpha value is -3.42. The summed E-state index contributed by atoms with van der Waals surface area (Å²) in [6.07, 6.45) is -0.487. The van der Waals surface area contributed by atoms with Gasteiger partial charge < -0.3 is 28.4 Å². The van der Waals surface area contributed by atoms with E-state index in [1.165, 1.54) is 0 Å². The van der Waals surface area contributed by atoms with Gasteiger partial charge in [0.05, 0.1) is 0 Å². The summed E-state index contributed by atoms with van der Waals surface area (Å²) >= 11 is 0. The molecule has 0 atom stereocenters. The van der Waals surface area contributed by atoms with Crippen LogP contribution in [-0.4, -0.2) is 38.4 Å². The summed E-state index contributed by atoms with van der Waals surface area (Å²) in [4.78, 5) is 24.0. The molecule has 0 bridgehead atoms. The van der Waals surface area contributed by atoms with Gasteiger partial charge in [0.15, 0.2) is 23.0 Å². The minimum atomic E-state index is -0.681. The van der Waals surface area contributed by atoms with E-state index < -0.39 is 18.4 Å². The highest BCUT2D eigenvalue weighted by molar-refractivity contribution is 5.91. The van der Waals surface area contributed by atoms with E-state index in [1.807, 2.05) is 0 Å². The molecule has 0 saturated carbocycles. The molecule has 8 nitrogen and oxygen atoms in total. The van der Waals surface area contributed by atoms with Crippen LogP contribution < -0.4 is 18.9 Å². The molecule has 0 amide bonds. The Morgan fingerprint density at radius 2 is 1.14 bits per heavy atom. The number of carbonyl (C=O) groups is 2. The van der Waals surface area contributed by atoms with Crippen LogP contribution in [0.15, 0.2) is 36.4 Å². The Balaban J connectivity index is 1.27. The summed E-state index contributed by atoms with van der Waals surface area (Å²) in [6, 6.07) is 10.7. The molecule has 4 rings (SSSR count). The van der Waals surface area contributed by atoms with Crippen LogP contribution in [0.1, 0.15) is 17.5 Å². The van der Waals surface area contributed by atoms with E-state index >= 15 is 0 Å². The fourth-order valence-corrected chi connectivity index (χ4v) is 3.03. The second-order valence-corrected chi connectivity index (χ2v) is 6.38. The van der Waals surface area contributed by atoms with Crippen LogP contribution in [0.25, 0.3) is 0 Å². The number of ether oxygens (including phenoxy) is 6. The smallest absolute Gasteiger partial charge is 0.317 e. The van der Waals surface area contributed by atoms with Crippen LogP contribution in [0.3, 0.4) is 0 Å². The summed E-state index contributed by atoms with van der Waals surface area (Å²) in [5.41, 5.74) is 1.36. The summed E-state index contributed by atoms with van der Waals surface area (Å²) in [7, 11) is 0. The van der Waals surface area contributed by atoms with Crippen molar-refractivity contribution in [2.24, 2.45) is 0 Å². The number of esters is 2. The summed E-state index contributed by atoms with van der Waals surface area (Å²) < 4.78 is 32.5. The minimum absolute atomic E-state index is 0.0178. The second kappa shape index (κ2) is 8.72. The third-order valence-electron chi connectivity index (χ3n) is 4.36. The van der Waals surface area contributed by atoms with Crippen molar-refractivity contribution in [1.29, 1.82) is 0 Å². The van der Waals surface area contributed by atoms with E-state index in [-0.39, 0.29) is 13.2 Å². The first-order valence-electron chi connectivity index (χ1n) is 9.27. The normalized spacial score (nSPS) is 14.1. The van der Waals surface area contributed by atoms with Gasteiger partial charge in [-0.25, -0.2) is 0 Å². The Morgan fingerprint density at radius 1 is 0.690 bits per heavy atom. The van der Waals surface area contributed by atoms with E-state index in [4.69, 9.17) is 28.4 Å². The SMILES string of the molecule is O=C(CC(=O)OCc1cccc2c1OCCO2)OCc1cccc2c1OCCO2. The highest BCUT2D eigenvalue weighted by Crippen LogP contribution is 2.35. The molecule has 2 heterocycles. The molecule has 0 fully saturated rings. The van der Waals surface area contributed by atoms with Gasteiger partial charge in [-0.1, -0.05) is 24.3 Å². The van der Waals surface area contributed by atoms with Gasteiger partial charge in [-0.15, -0.1) is 0 Å². The van der Waals surface area contributed by atoms with Gasteiger partial charge in [-0.3, -0.25) is 9.59 Å². The predicted octanol–water partition coefficient (Wildman–Crippen LogP) is 2.41. The molecular formula is C21H20O8. The van der Waals surface area contributed by atoms with Gasteiger partial charge in [0.25, 0.3) is 0 Å². The van der Waals surface area contributed by atoms with Crippen molar-refractivity contribution in [2.45, 2.75) is 19.6 Å². The van der Waals surface area contributed by atoms with Gasteiger partial charge in [-0.2, -0.15) is 0 Å². The number of para-hydroxylation sites is 2. The van der Waals surface area contributed by atoms with Crippen molar-refractivity contribution in [3.63, 3.8) is 0 Å². The van der Waals surface area contributed by atoms with Crippen molar-refractivity contribution in [1.82, 2.24) is 0 Å². The quantitative estimate of drug-likeness (QED) is 0.540. The largest absolute Gasteiger partial charge is 0.486 e. The number of hydrogen-bond acceptors (Lipinski definition) is 8. The van der Waals surface area contributed by atoms with Crippen molar-refractivity contribution in [2.75, 3.05) is 26.4 Å². The zero-order chi connectivity index (χ0) is 20.1. The molecule has 2 aromatic rings. The standard InChI is InChI=1S/C21H20O8/c22-18(28-12-14-3-1-5-16-20(14)26-9-7-24-16)11-19(23)29-13-15-4-2-6-17-21(15)27-10-8-25-17/h1-6H,7-13H2. The van der Waals surface area contributed by atoms with E-state index in [9.17, 15) is 9.59 Å². The Bertz CT molecular complexity index is 834. The molecule has 2 aliphatic heterocycles. The highest BCUT2D eigenvalue weighted by Gasteiger charge is 2.20. The van der Waals surface area contributed by atoms with Gasteiger partial charge in [0.2, 0.25) is 0 Å². The predicted molar refractivity (Wildman–Crippen MR) is 99.1 cm³/mol. The first-order chi connectivity index (χ1) is 14.2. The van der Waals surface area contributed by atoms with Gasteiger partial charge in [-0.05, 0) is 12.1 Å². The zero-order valence-electron chi connectivity index (χ0n) is 15.7. The monoisotopic (exact) mass is 400 g/mol. The fourth-order valence-electron chi connectivity index (χ4n) is 3.03. The first-order valence-corrected chi connectivity index (χ1v) is 9.27. The summed E-state index contributed by atoms with van der Waals surface area (Å²) in [5, 5.41) is 0. The Labute approximate surface area is 167 Å². The molecule has 2 aromatic carbocycles. The molecule has 0 unspecified atom stereocenters. The summed E-state index contributed by atoms with van der Waals surface area (Å²) in [6.45, 7) is 1.78. The molecular weight excluding hydrogens is 380 g/mol. The number of carbonyl (C=O) groups excluding carboxylic acids is 2. The zero-order valence-corrected chi connectivity index (χ0v) is 15.7. The fraction of sp³-hybridized carbons (Fsp3) is 0.333. The number of benzene rings is 2. The van der Waals surface area contributed by atoms with E-state index in [0.717, 1.165) is 0 Å². The Morgan fingerprint density at radius 3 is 1.62 bits per heavy atom. The minimum Gasteiger partial charge on any atom is -0.486 e. The van der Waals surface area contributed by atoms with Crippen LogP contribution in [0, 0.1) is 0 Å². The lowest BCUT2D eigenvalue weighted by Crippen LogP contribution is -2.18. The Kier molecular flexibility index (Phi) is 5.69. The molecule has 0 aromatic heterocycles. The van der Waals surface area contributed by atoms with Crippen molar-refractivity contribution < 1.29 is 38.0 Å². The van der Waals surface area contributed by atoms with Crippen LogP contribution in [0.2, 0.25) is 0 Å². The molecule has 8 heteroatoms. The van der Waals surface area contributed by atoms with E-state index in [2.05, 4.69) is 0 Å². The van der Waals surface area contributed by atoms with Crippen molar-refractivity contribution in [3.05, 3.63) is 47.5 Å². The van der Waals surface area contributed by atoms with Gasteiger partial charge in [0, 0.05) is 11.1 Å². The van der Waals surface area contributed by atoms with E-state index in [1.54, 1.807) is 36.4 Å². The lowest BCUT2D eigenvalue weighted by Gasteiger charge is -2.21. The van der Waals surface area contributed by atoms with Crippen LogP contribution in [-0.2, 0) is 32.3 Å². The molecule has 0 radical (unpaired) electrons. The highest BCUT2D eigenvalue weighted by atomic mass is 16.6. The lowest BCUT2D eigenvalue weighted by molar-refractivity contribution is -0.156. The average Bonchev–Trinajstić information content (AvgIpc) is 2.76. The van der Waals surface area contributed by atoms with Crippen molar-refractivity contribution >= 4 is 11.9 Å². The number of hydrogen-bond donors (Lipinski definition) is 0. The van der Waals surface area contributed by atoms with Crippen LogP contribution in [0.4, 0.5) is 0 Å². The summed E-state index contributed by atoms with van der Waals surface area (Å²) in [5.74, 6) is 0.983. The molecule has 152 valence electrons. The molecule has 0 N–H and O–H groups in total. The molecule has 2 aliphatic rings.